The highest BCUT2D eigenvalue weighted by molar-refractivity contribution is 7.97. The second-order valence-electron chi connectivity index (χ2n) is 4.55. The summed E-state index contributed by atoms with van der Waals surface area (Å²) in [7, 11) is 1.89. The Morgan fingerprint density at radius 1 is 1.28 bits per heavy atom. The van der Waals surface area contributed by atoms with Gasteiger partial charge in [-0.2, -0.15) is 16.9 Å². The number of anilines is 1. The van der Waals surface area contributed by atoms with Gasteiger partial charge in [-0.15, -0.1) is 0 Å². The lowest BCUT2D eigenvalue weighted by atomic mass is 10.2. The lowest BCUT2D eigenvalue weighted by Crippen LogP contribution is -1.99. The second kappa shape index (κ2) is 5.48. The number of hydrogen-bond acceptors (Lipinski definition) is 3. The SMILES string of the molecule is Cc1cccc(CSCc2c(C)nn(C)c2N)c1. The van der Waals surface area contributed by atoms with Crippen molar-refractivity contribution in [1.29, 1.82) is 0 Å². The molecule has 0 unspecified atom stereocenters. The third kappa shape index (κ3) is 2.88. The van der Waals surface area contributed by atoms with Crippen molar-refractivity contribution in [3.8, 4) is 0 Å². The lowest BCUT2D eigenvalue weighted by Gasteiger charge is -2.04. The zero-order valence-electron chi connectivity index (χ0n) is 11.1. The molecule has 0 fully saturated rings. The summed E-state index contributed by atoms with van der Waals surface area (Å²) in [5.74, 6) is 2.71. The number of rotatable bonds is 4. The van der Waals surface area contributed by atoms with Crippen molar-refractivity contribution < 1.29 is 0 Å². The molecule has 0 aliphatic rings. The Morgan fingerprint density at radius 3 is 2.67 bits per heavy atom. The van der Waals surface area contributed by atoms with Crippen LogP contribution in [-0.4, -0.2) is 9.78 Å². The summed E-state index contributed by atoms with van der Waals surface area (Å²) >= 11 is 1.88. The Balaban J connectivity index is 1.96. The molecule has 96 valence electrons. The van der Waals surface area contributed by atoms with Crippen molar-refractivity contribution in [2.75, 3.05) is 5.73 Å². The van der Waals surface area contributed by atoms with Gasteiger partial charge in [0.05, 0.1) is 5.69 Å². The van der Waals surface area contributed by atoms with Crippen LogP contribution in [0, 0.1) is 13.8 Å². The summed E-state index contributed by atoms with van der Waals surface area (Å²) in [6.07, 6.45) is 0. The van der Waals surface area contributed by atoms with Crippen molar-refractivity contribution in [2.24, 2.45) is 7.05 Å². The Bertz CT molecular complexity index is 546. The molecular formula is C14H19N3S. The normalized spacial score (nSPS) is 10.8. The highest BCUT2D eigenvalue weighted by Crippen LogP contribution is 2.24. The minimum absolute atomic E-state index is 0.782. The maximum atomic E-state index is 5.99. The highest BCUT2D eigenvalue weighted by Gasteiger charge is 2.09. The van der Waals surface area contributed by atoms with Gasteiger partial charge in [0, 0.05) is 24.1 Å². The van der Waals surface area contributed by atoms with Gasteiger partial charge in [0.2, 0.25) is 0 Å². The summed E-state index contributed by atoms with van der Waals surface area (Å²) in [6.45, 7) is 4.14. The van der Waals surface area contributed by atoms with E-state index >= 15 is 0 Å². The zero-order chi connectivity index (χ0) is 13.1. The van der Waals surface area contributed by atoms with Crippen LogP contribution in [0.1, 0.15) is 22.4 Å². The first-order chi connectivity index (χ1) is 8.58. The molecule has 1 aromatic heterocycles. The largest absolute Gasteiger partial charge is 0.384 e. The number of nitrogens with two attached hydrogens (primary N) is 1. The molecule has 0 saturated carbocycles. The molecule has 0 radical (unpaired) electrons. The summed E-state index contributed by atoms with van der Waals surface area (Å²) < 4.78 is 1.75. The average molecular weight is 261 g/mol. The number of aryl methyl sites for hydroxylation is 3. The molecule has 0 amide bonds. The van der Waals surface area contributed by atoms with Gasteiger partial charge in [-0.1, -0.05) is 29.8 Å². The molecule has 0 spiro atoms. The van der Waals surface area contributed by atoms with Crippen LogP contribution in [0.3, 0.4) is 0 Å². The van der Waals surface area contributed by atoms with Gasteiger partial charge in [-0.25, -0.2) is 0 Å². The van der Waals surface area contributed by atoms with E-state index in [2.05, 4.69) is 36.3 Å². The number of aromatic nitrogens is 2. The van der Waals surface area contributed by atoms with Crippen molar-refractivity contribution in [3.05, 3.63) is 46.6 Å². The van der Waals surface area contributed by atoms with Crippen molar-refractivity contribution >= 4 is 17.6 Å². The van der Waals surface area contributed by atoms with Gasteiger partial charge >= 0.3 is 0 Å². The molecule has 2 N–H and O–H groups in total. The van der Waals surface area contributed by atoms with Crippen LogP contribution >= 0.6 is 11.8 Å². The third-order valence-corrected chi connectivity index (χ3v) is 4.02. The first-order valence-corrected chi connectivity index (χ1v) is 7.14. The van der Waals surface area contributed by atoms with Gasteiger partial charge in [0.15, 0.2) is 0 Å². The quantitative estimate of drug-likeness (QED) is 0.920. The fourth-order valence-corrected chi connectivity index (χ4v) is 3.05. The average Bonchev–Trinajstić information content (AvgIpc) is 2.56. The number of thioether (sulfide) groups is 1. The van der Waals surface area contributed by atoms with Crippen LogP contribution in [0.15, 0.2) is 24.3 Å². The maximum absolute atomic E-state index is 5.99. The number of nitrogen functional groups attached to an aromatic ring is 1. The molecule has 0 saturated heterocycles. The van der Waals surface area contributed by atoms with Crippen molar-refractivity contribution in [2.45, 2.75) is 25.4 Å². The molecule has 18 heavy (non-hydrogen) atoms. The molecule has 4 heteroatoms. The van der Waals surface area contributed by atoms with Gasteiger partial charge in [0.25, 0.3) is 0 Å². The van der Waals surface area contributed by atoms with E-state index in [0.717, 1.165) is 28.6 Å². The Kier molecular flexibility index (Phi) is 3.97. The summed E-state index contributed by atoms with van der Waals surface area (Å²) in [5.41, 5.74) is 10.9. The van der Waals surface area contributed by atoms with E-state index in [1.54, 1.807) is 4.68 Å². The predicted octanol–water partition coefficient (Wildman–Crippen LogP) is 3.05. The summed E-state index contributed by atoms with van der Waals surface area (Å²) in [6, 6.07) is 8.62. The van der Waals surface area contributed by atoms with Gasteiger partial charge in [0.1, 0.15) is 5.82 Å². The first kappa shape index (κ1) is 13.0. The van der Waals surface area contributed by atoms with Gasteiger partial charge in [-0.05, 0) is 19.4 Å². The first-order valence-electron chi connectivity index (χ1n) is 5.99. The Morgan fingerprint density at radius 2 is 2.06 bits per heavy atom. The van der Waals surface area contributed by atoms with Gasteiger partial charge < -0.3 is 5.73 Å². The molecular weight excluding hydrogens is 242 g/mol. The lowest BCUT2D eigenvalue weighted by molar-refractivity contribution is 0.767. The van der Waals surface area contributed by atoms with Crippen LogP contribution in [0.2, 0.25) is 0 Å². The maximum Gasteiger partial charge on any atom is 0.125 e. The van der Waals surface area contributed by atoms with Crippen molar-refractivity contribution in [1.82, 2.24) is 9.78 Å². The molecule has 2 rings (SSSR count). The van der Waals surface area contributed by atoms with Crippen LogP contribution in [0.5, 0.6) is 0 Å². The number of nitrogens with zero attached hydrogens (tertiary/aromatic N) is 2. The van der Waals surface area contributed by atoms with Crippen molar-refractivity contribution in [3.63, 3.8) is 0 Å². The van der Waals surface area contributed by atoms with Crippen LogP contribution < -0.4 is 5.73 Å². The minimum Gasteiger partial charge on any atom is -0.384 e. The van der Waals surface area contributed by atoms with E-state index < -0.39 is 0 Å². The Hall–Kier alpha value is -1.42. The number of hydrogen-bond donors (Lipinski definition) is 1. The van der Waals surface area contributed by atoms with E-state index in [0.29, 0.717) is 0 Å². The monoisotopic (exact) mass is 261 g/mol. The summed E-state index contributed by atoms with van der Waals surface area (Å²) in [5, 5.41) is 4.33. The van der Waals surface area contributed by atoms with E-state index in [1.807, 2.05) is 25.7 Å². The van der Waals surface area contributed by atoms with Gasteiger partial charge in [-0.3, -0.25) is 4.68 Å². The van der Waals surface area contributed by atoms with Crippen LogP contribution in [0.4, 0.5) is 5.82 Å². The molecule has 0 aliphatic carbocycles. The molecule has 0 bridgehead atoms. The molecule has 2 aromatic rings. The standard InChI is InChI=1S/C14H19N3S/c1-10-5-4-6-12(7-10)8-18-9-13-11(2)16-17(3)14(13)15/h4-7H,8-9,15H2,1-3H3. The second-order valence-corrected chi connectivity index (χ2v) is 5.54. The van der Waals surface area contributed by atoms with E-state index in [4.69, 9.17) is 5.73 Å². The summed E-state index contributed by atoms with van der Waals surface area (Å²) in [4.78, 5) is 0. The molecule has 0 aliphatic heterocycles. The fourth-order valence-electron chi connectivity index (χ4n) is 1.97. The number of benzene rings is 1. The van der Waals surface area contributed by atoms with Crippen LogP contribution in [0.25, 0.3) is 0 Å². The molecule has 1 aromatic carbocycles. The zero-order valence-corrected chi connectivity index (χ0v) is 11.9. The predicted molar refractivity (Wildman–Crippen MR) is 78.5 cm³/mol. The van der Waals surface area contributed by atoms with Crippen LogP contribution in [-0.2, 0) is 18.6 Å². The van der Waals surface area contributed by atoms with E-state index in [9.17, 15) is 0 Å². The highest BCUT2D eigenvalue weighted by atomic mass is 32.2. The molecule has 3 nitrogen and oxygen atoms in total. The Labute approximate surface area is 112 Å². The van der Waals surface area contributed by atoms with E-state index in [1.165, 1.54) is 11.1 Å². The third-order valence-electron chi connectivity index (χ3n) is 2.99. The smallest absolute Gasteiger partial charge is 0.125 e. The molecule has 0 atom stereocenters. The fraction of sp³-hybridized carbons (Fsp3) is 0.357. The topological polar surface area (TPSA) is 43.8 Å². The minimum atomic E-state index is 0.782. The van der Waals surface area contributed by atoms with E-state index in [-0.39, 0.29) is 0 Å². The molecule has 1 heterocycles.